The zero-order valence-corrected chi connectivity index (χ0v) is 13.0. The summed E-state index contributed by atoms with van der Waals surface area (Å²) in [6, 6.07) is 6.38. The molecule has 2 unspecified atom stereocenters. The molecule has 2 rings (SSSR count). The molecule has 1 amide bonds. The Morgan fingerprint density at radius 1 is 1.29 bits per heavy atom. The lowest BCUT2D eigenvalue weighted by molar-refractivity contribution is 0.0697. The molecule has 0 bridgehead atoms. The van der Waals surface area contributed by atoms with Crippen LogP contribution in [0.3, 0.4) is 0 Å². The van der Waals surface area contributed by atoms with E-state index in [-0.39, 0.29) is 17.5 Å². The Morgan fingerprint density at radius 2 is 2.00 bits per heavy atom. The fraction of sp³-hybridized carbons (Fsp3) is 0.500. The summed E-state index contributed by atoms with van der Waals surface area (Å²) in [5.41, 5.74) is 0.562. The number of carbonyl (C=O) groups is 2. The molecular weight excluding hydrogens is 286 g/mol. The van der Waals surface area contributed by atoms with E-state index >= 15 is 0 Å². The number of nitrogens with one attached hydrogen (secondary N) is 1. The van der Waals surface area contributed by atoms with E-state index in [0.29, 0.717) is 10.8 Å². The van der Waals surface area contributed by atoms with E-state index in [0.717, 1.165) is 25.0 Å². The maximum Gasteiger partial charge on any atom is 0.335 e. The maximum atomic E-state index is 12.3. The predicted molar refractivity (Wildman–Crippen MR) is 85.0 cm³/mol. The molecule has 1 aliphatic rings. The van der Waals surface area contributed by atoms with E-state index in [1.165, 1.54) is 18.6 Å². The molecule has 0 aliphatic heterocycles. The predicted octanol–water partition coefficient (Wildman–Crippen LogP) is 3.18. The van der Waals surface area contributed by atoms with Crippen molar-refractivity contribution in [3.63, 3.8) is 0 Å². The zero-order chi connectivity index (χ0) is 15.2. The Labute approximate surface area is 129 Å². The highest BCUT2D eigenvalue weighted by atomic mass is 32.2. The number of carboxylic acid groups (broad SMARTS) is 1. The third-order valence-electron chi connectivity index (χ3n) is 3.77. The minimum Gasteiger partial charge on any atom is -0.478 e. The molecular formula is C16H21NO3S. The molecule has 1 fully saturated rings. The van der Waals surface area contributed by atoms with E-state index in [1.54, 1.807) is 12.1 Å². The summed E-state index contributed by atoms with van der Waals surface area (Å²) in [6.07, 6.45) is 4.50. The van der Waals surface area contributed by atoms with E-state index in [4.69, 9.17) is 5.11 Å². The standard InChI is InChI=1S/C16H21NO3S/c1-2-21-14-9-4-3-8-13(14)17-15(18)11-6-5-7-12(10-11)16(19)20/h5-7,10,13-14H,2-4,8-9H2,1H3,(H,17,18)(H,19,20). The largest absolute Gasteiger partial charge is 0.478 e. The highest BCUT2D eigenvalue weighted by molar-refractivity contribution is 7.99. The Kier molecular flexibility index (Phi) is 5.67. The lowest BCUT2D eigenvalue weighted by atomic mass is 9.94. The van der Waals surface area contributed by atoms with Crippen molar-refractivity contribution in [3.8, 4) is 0 Å². The molecule has 4 nitrogen and oxygen atoms in total. The summed E-state index contributed by atoms with van der Waals surface area (Å²) in [5.74, 6) is -0.139. The van der Waals surface area contributed by atoms with Crippen molar-refractivity contribution in [2.45, 2.75) is 43.9 Å². The van der Waals surface area contributed by atoms with Crippen LogP contribution in [0, 0.1) is 0 Å². The van der Waals surface area contributed by atoms with Crippen LogP contribution >= 0.6 is 11.8 Å². The normalized spacial score (nSPS) is 21.8. The van der Waals surface area contributed by atoms with Gasteiger partial charge in [-0.1, -0.05) is 25.8 Å². The SMILES string of the molecule is CCSC1CCCCC1NC(=O)c1cccc(C(=O)O)c1. The maximum absolute atomic E-state index is 12.3. The van der Waals surface area contributed by atoms with E-state index < -0.39 is 5.97 Å². The Morgan fingerprint density at radius 3 is 2.71 bits per heavy atom. The highest BCUT2D eigenvalue weighted by Gasteiger charge is 2.26. The average Bonchev–Trinajstić information content (AvgIpc) is 2.49. The fourth-order valence-electron chi connectivity index (χ4n) is 2.72. The monoisotopic (exact) mass is 307 g/mol. The molecule has 1 saturated carbocycles. The van der Waals surface area contributed by atoms with Gasteiger partial charge in [0.25, 0.3) is 5.91 Å². The number of hydrogen-bond donors (Lipinski definition) is 2. The van der Waals surface area contributed by atoms with Gasteiger partial charge in [0.05, 0.1) is 5.56 Å². The molecule has 0 radical (unpaired) electrons. The molecule has 1 aromatic rings. The van der Waals surface area contributed by atoms with Gasteiger partial charge in [-0.15, -0.1) is 0 Å². The van der Waals surface area contributed by atoms with Crippen LogP contribution in [0.25, 0.3) is 0 Å². The number of rotatable bonds is 5. The average molecular weight is 307 g/mol. The Bertz CT molecular complexity index is 516. The molecule has 0 aromatic heterocycles. The number of hydrogen-bond acceptors (Lipinski definition) is 3. The summed E-state index contributed by atoms with van der Waals surface area (Å²) in [5, 5.41) is 12.5. The van der Waals surface area contributed by atoms with Crippen molar-refractivity contribution in [1.29, 1.82) is 0 Å². The number of amides is 1. The van der Waals surface area contributed by atoms with Crippen molar-refractivity contribution in [1.82, 2.24) is 5.32 Å². The van der Waals surface area contributed by atoms with Gasteiger partial charge >= 0.3 is 5.97 Å². The first kappa shape index (κ1) is 15.9. The molecule has 114 valence electrons. The fourth-order valence-corrected chi connectivity index (χ4v) is 3.92. The first-order chi connectivity index (χ1) is 10.1. The second-order valence-electron chi connectivity index (χ2n) is 5.24. The number of aromatic carboxylic acids is 1. The van der Waals surface area contributed by atoms with Crippen LogP contribution in [0.2, 0.25) is 0 Å². The summed E-state index contributed by atoms with van der Waals surface area (Å²) < 4.78 is 0. The van der Waals surface area contributed by atoms with Crippen LogP contribution in [0.15, 0.2) is 24.3 Å². The molecule has 0 heterocycles. The molecule has 21 heavy (non-hydrogen) atoms. The van der Waals surface area contributed by atoms with Crippen LogP contribution in [0.5, 0.6) is 0 Å². The minimum atomic E-state index is -1.01. The van der Waals surface area contributed by atoms with Crippen LogP contribution in [-0.2, 0) is 0 Å². The Balaban J connectivity index is 2.05. The second-order valence-corrected chi connectivity index (χ2v) is 6.76. The molecule has 0 saturated heterocycles. The Hall–Kier alpha value is -1.49. The molecule has 1 aliphatic carbocycles. The van der Waals surface area contributed by atoms with E-state index in [2.05, 4.69) is 12.2 Å². The number of carbonyl (C=O) groups excluding carboxylic acids is 1. The first-order valence-electron chi connectivity index (χ1n) is 7.37. The van der Waals surface area contributed by atoms with Gasteiger partial charge in [-0.05, 0) is 36.8 Å². The van der Waals surface area contributed by atoms with Crippen molar-refractivity contribution < 1.29 is 14.7 Å². The minimum absolute atomic E-state index is 0.144. The van der Waals surface area contributed by atoms with E-state index in [9.17, 15) is 9.59 Å². The summed E-state index contributed by atoms with van der Waals surface area (Å²) in [7, 11) is 0. The van der Waals surface area contributed by atoms with Gasteiger partial charge in [0.1, 0.15) is 0 Å². The molecule has 2 atom stereocenters. The smallest absolute Gasteiger partial charge is 0.335 e. The lowest BCUT2D eigenvalue weighted by Gasteiger charge is -2.31. The van der Waals surface area contributed by atoms with Gasteiger partial charge in [-0.25, -0.2) is 4.79 Å². The van der Waals surface area contributed by atoms with Gasteiger partial charge in [-0.2, -0.15) is 11.8 Å². The summed E-state index contributed by atoms with van der Waals surface area (Å²) >= 11 is 1.90. The lowest BCUT2D eigenvalue weighted by Crippen LogP contribution is -2.43. The second kappa shape index (κ2) is 7.50. The number of benzene rings is 1. The van der Waals surface area contributed by atoms with E-state index in [1.807, 2.05) is 11.8 Å². The summed E-state index contributed by atoms with van der Waals surface area (Å²) in [4.78, 5) is 23.3. The topological polar surface area (TPSA) is 66.4 Å². The van der Waals surface area contributed by atoms with Gasteiger partial charge in [0.15, 0.2) is 0 Å². The van der Waals surface area contributed by atoms with Crippen molar-refractivity contribution >= 4 is 23.6 Å². The number of thioether (sulfide) groups is 1. The van der Waals surface area contributed by atoms with Gasteiger partial charge < -0.3 is 10.4 Å². The van der Waals surface area contributed by atoms with Crippen LogP contribution in [-0.4, -0.2) is 34.0 Å². The molecule has 1 aromatic carbocycles. The van der Waals surface area contributed by atoms with Crippen molar-refractivity contribution in [3.05, 3.63) is 35.4 Å². The third-order valence-corrected chi connectivity index (χ3v) is 5.10. The zero-order valence-electron chi connectivity index (χ0n) is 12.2. The van der Waals surface area contributed by atoms with Crippen molar-refractivity contribution in [2.24, 2.45) is 0 Å². The van der Waals surface area contributed by atoms with Gasteiger partial charge in [0, 0.05) is 16.9 Å². The molecule has 2 N–H and O–H groups in total. The van der Waals surface area contributed by atoms with Gasteiger partial charge in [-0.3, -0.25) is 4.79 Å². The van der Waals surface area contributed by atoms with Crippen LogP contribution in [0.4, 0.5) is 0 Å². The van der Waals surface area contributed by atoms with Gasteiger partial charge in [0.2, 0.25) is 0 Å². The quantitative estimate of drug-likeness (QED) is 0.877. The highest BCUT2D eigenvalue weighted by Crippen LogP contribution is 2.28. The molecule has 0 spiro atoms. The molecule has 5 heteroatoms. The van der Waals surface area contributed by atoms with Crippen LogP contribution < -0.4 is 5.32 Å². The first-order valence-corrected chi connectivity index (χ1v) is 8.42. The third kappa shape index (κ3) is 4.24. The van der Waals surface area contributed by atoms with Crippen LogP contribution in [0.1, 0.15) is 53.3 Å². The summed E-state index contributed by atoms with van der Waals surface area (Å²) in [6.45, 7) is 2.13. The number of carboxylic acids is 1. The van der Waals surface area contributed by atoms with Crippen molar-refractivity contribution in [2.75, 3.05) is 5.75 Å².